The highest BCUT2D eigenvalue weighted by Crippen LogP contribution is 2.39. The second kappa shape index (κ2) is 3.66. The maximum atomic E-state index is 12.1. The molecule has 0 unspecified atom stereocenters. The van der Waals surface area contributed by atoms with Crippen molar-refractivity contribution in [2.75, 3.05) is 18.8 Å². The predicted octanol–water partition coefficient (Wildman–Crippen LogP) is -1.31. The number of carbonyl (C=O) groups excluding carboxylic acids is 1. The number of hydrogen-bond donors (Lipinski definition) is 1. The van der Waals surface area contributed by atoms with Gasteiger partial charge in [-0.3, -0.25) is 9.69 Å². The van der Waals surface area contributed by atoms with Gasteiger partial charge in [0.15, 0.2) is 0 Å². The van der Waals surface area contributed by atoms with Crippen LogP contribution in [0.25, 0.3) is 0 Å². The molecule has 0 radical (unpaired) electrons. The fraction of sp³-hybridized carbons (Fsp3) is 0.900. The van der Waals surface area contributed by atoms with Crippen LogP contribution in [0.15, 0.2) is 0 Å². The Morgan fingerprint density at radius 3 is 2.89 bits per heavy atom. The Kier molecular flexibility index (Phi) is 2.51. The van der Waals surface area contributed by atoms with Gasteiger partial charge in [0.05, 0.1) is 11.8 Å². The first-order valence-corrected chi connectivity index (χ1v) is 7.68. The smallest absolute Gasteiger partial charge is 0.269 e. The van der Waals surface area contributed by atoms with Crippen LogP contribution in [0, 0.1) is 0 Å². The van der Waals surface area contributed by atoms with Crippen molar-refractivity contribution in [2.24, 2.45) is 0 Å². The Morgan fingerprint density at radius 1 is 1.44 bits per heavy atom. The molecule has 0 aliphatic carbocycles. The van der Waals surface area contributed by atoms with Crippen LogP contribution in [0.1, 0.15) is 19.8 Å². The van der Waals surface area contributed by atoms with Crippen LogP contribution >= 0.6 is 0 Å². The third kappa shape index (κ3) is 1.46. The normalized spacial score (nSPS) is 43.7. The van der Waals surface area contributed by atoms with Crippen LogP contribution in [0.4, 0.5) is 0 Å². The maximum absolute atomic E-state index is 12.1. The lowest BCUT2D eigenvalue weighted by molar-refractivity contribution is -0.274. The van der Waals surface area contributed by atoms with Crippen molar-refractivity contribution in [1.29, 1.82) is 0 Å². The van der Waals surface area contributed by atoms with Crippen LogP contribution < -0.4 is 0 Å². The number of aliphatic hydroxyl groups is 1. The molecule has 0 saturated carbocycles. The van der Waals surface area contributed by atoms with Gasteiger partial charge in [-0.15, -0.1) is 0 Å². The zero-order valence-corrected chi connectivity index (χ0v) is 10.9. The summed E-state index contributed by atoms with van der Waals surface area (Å²) in [4.78, 5) is 13.1. The molecule has 1 amide bonds. The molecule has 0 aromatic rings. The van der Waals surface area contributed by atoms with Gasteiger partial charge in [-0.05, 0) is 19.8 Å². The van der Waals surface area contributed by atoms with Gasteiger partial charge in [-0.25, -0.2) is 8.42 Å². The Balaban J connectivity index is 2.07. The summed E-state index contributed by atoms with van der Waals surface area (Å²) >= 11 is 0. The third-order valence-corrected chi connectivity index (χ3v) is 5.77. The van der Waals surface area contributed by atoms with E-state index in [4.69, 9.17) is 4.74 Å². The molecule has 3 heterocycles. The average Bonchev–Trinajstić information content (AvgIpc) is 2.82. The van der Waals surface area contributed by atoms with Crippen molar-refractivity contribution in [3.05, 3.63) is 0 Å². The average molecular weight is 276 g/mol. The summed E-state index contributed by atoms with van der Waals surface area (Å²) in [7, 11) is -3.42. The molecule has 0 aromatic heterocycles. The minimum atomic E-state index is -3.42. The number of carbonyl (C=O) groups is 1. The lowest BCUT2D eigenvalue weighted by atomic mass is 10.1. The summed E-state index contributed by atoms with van der Waals surface area (Å²) in [5.41, 5.74) is 0. The van der Waals surface area contributed by atoms with Gasteiger partial charge in [0.2, 0.25) is 10.0 Å². The quantitative estimate of drug-likeness (QED) is 0.593. The monoisotopic (exact) mass is 276 g/mol. The van der Waals surface area contributed by atoms with Gasteiger partial charge >= 0.3 is 0 Å². The van der Waals surface area contributed by atoms with Gasteiger partial charge in [-0.2, -0.15) is 4.31 Å². The Bertz CT molecular complexity index is 492. The van der Waals surface area contributed by atoms with Crippen LogP contribution in [-0.2, 0) is 19.6 Å². The van der Waals surface area contributed by atoms with E-state index in [2.05, 4.69) is 0 Å². The molecule has 0 bridgehead atoms. The van der Waals surface area contributed by atoms with Crippen molar-refractivity contribution in [2.45, 2.75) is 37.8 Å². The van der Waals surface area contributed by atoms with Crippen molar-refractivity contribution in [1.82, 2.24) is 9.21 Å². The van der Waals surface area contributed by atoms with Crippen LogP contribution in [0.3, 0.4) is 0 Å². The van der Waals surface area contributed by atoms with E-state index >= 15 is 0 Å². The molecule has 102 valence electrons. The number of amides is 1. The Hall–Kier alpha value is -0.700. The molecule has 3 aliphatic heterocycles. The summed E-state index contributed by atoms with van der Waals surface area (Å²) in [6.45, 7) is 1.94. The van der Waals surface area contributed by atoms with Crippen molar-refractivity contribution in [3.8, 4) is 0 Å². The van der Waals surface area contributed by atoms with E-state index in [0.717, 1.165) is 0 Å². The number of nitrogens with zero attached hydrogens (tertiary/aromatic N) is 2. The summed E-state index contributed by atoms with van der Waals surface area (Å²) in [6.07, 6.45) is 0.455. The molecule has 18 heavy (non-hydrogen) atoms. The zero-order valence-electron chi connectivity index (χ0n) is 10.1. The molecule has 0 aromatic carbocycles. The molecule has 7 nitrogen and oxygen atoms in total. The number of rotatable bonds is 0. The first-order chi connectivity index (χ1) is 8.36. The topological polar surface area (TPSA) is 87.2 Å². The van der Waals surface area contributed by atoms with E-state index in [1.165, 1.54) is 9.21 Å². The first kappa shape index (κ1) is 12.3. The predicted molar refractivity (Wildman–Crippen MR) is 60.7 cm³/mol. The molecule has 1 N–H and O–H groups in total. The highest BCUT2D eigenvalue weighted by molar-refractivity contribution is 7.89. The minimum Gasteiger partial charge on any atom is -0.347 e. The zero-order chi connectivity index (χ0) is 13.1. The fourth-order valence-corrected chi connectivity index (χ4v) is 4.74. The second-order valence-electron chi connectivity index (χ2n) is 4.99. The van der Waals surface area contributed by atoms with Crippen LogP contribution in [-0.4, -0.2) is 65.5 Å². The molecule has 8 heteroatoms. The fourth-order valence-electron chi connectivity index (χ4n) is 3.05. The SMILES string of the molecule is C[C@@H]1O[C@]2(O)[C@@H]3CCCN3S(=O)(=O)CCN2C1=O. The largest absolute Gasteiger partial charge is 0.347 e. The summed E-state index contributed by atoms with van der Waals surface area (Å²) in [5, 5.41) is 10.6. The molecule has 3 rings (SSSR count). The van der Waals surface area contributed by atoms with Gasteiger partial charge < -0.3 is 9.84 Å². The molecule has 3 fully saturated rings. The lowest BCUT2D eigenvalue weighted by Gasteiger charge is -2.36. The van der Waals surface area contributed by atoms with E-state index in [1.54, 1.807) is 6.92 Å². The number of ether oxygens (including phenoxy) is 1. The van der Waals surface area contributed by atoms with Crippen LogP contribution in [0.5, 0.6) is 0 Å². The van der Waals surface area contributed by atoms with Crippen molar-refractivity contribution >= 4 is 15.9 Å². The van der Waals surface area contributed by atoms with E-state index in [-0.39, 0.29) is 18.2 Å². The van der Waals surface area contributed by atoms with E-state index in [9.17, 15) is 18.3 Å². The van der Waals surface area contributed by atoms with Gasteiger partial charge in [0.1, 0.15) is 6.10 Å². The highest BCUT2D eigenvalue weighted by atomic mass is 32.2. The van der Waals surface area contributed by atoms with E-state index in [0.29, 0.717) is 19.4 Å². The standard InChI is InChI=1S/C10H16N2O5S/c1-7-9(13)11-5-6-18(15,16)12-4-2-3-8(12)10(11,14)17-7/h7-8,14H,2-6H2,1H3/t7-,8-,10+/m0/s1. The van der Waals surface area contributed by atoms with Gasteiger partial charge in [0.25, 0.3) is 11.8 Å². The molecular weight excluding hydrogens is 260 g/mol. The highest BCUT2D eigenvalue weighted by Gasteiger charge is 2.60. The molecule has 3 saturated heterocycles. The number of fused-ring (bicyclic) bond motifs is 3. The lowest BCUT2D eigenvalue weighted by Crippen LogP contribution is -2.57. The first-order valence-electron chi connectivity index (χ1n) is 6.07. The summed E-state index contributed by atoms with van der Waals surface area (Å²) in [6, 6.07) is -0.682. The van der Waals surface area contributed by atoms with E-state index in [1.807, 2.05) is 0 Å². The minimum absolute atomic E-state index is 0.0188. The van der Waals surface area contributed by atoms with Crippen molar-refractivity contribution in [3.63, 3.8) is 0 Å². The Morgan fingerprint density at radius 2 is 2.17 bits per heavy atom. The molecular formula is C10H16N2O5S. The Labute approximate surface area is 105 Å². The molecule has 0 spiro atoms. The van der Waals surface area contributed by atoms with E-state index < -0.39 is 28.1 Å². The number of hydrogen-bond acceptors (Lipinski definition) is 5. The summed E-state index contributed by atoms with van der Waals surface area (Å²) < 4.78 is 30.8. The van der Waals surface area contributed by atoms with Gasteiger partial charge in [-0.1, -0.05) is 0 Å². The van der Waals surface area contributed by atoms with Gasteiger partial charge in [0, 0.05) is 13.1 Å². The second-order valence-corrected chi connectivity index (χ2v) is 7.03. The molecule has 3 atom stereocenters. The third-order valence-electron chi connectivity index (χ3n) is 3.92. The molecule has 3 aliphatic rings. The number of sulfonamides is 1. The van der Waals surface area contributed by atoms with Crippen LogP contribution in [0.2, 0.25) is 0 Å². The van der Waals surface area contributed by atoms with Crippen molar-refractivity contribution < 1.29 is 23.1 Å². The maximum Gasteiger partial charge on any atom is 0.269 e. The summed E-state index contributed by atoms with van der Waals surface area (Å²) in [5.74, 6) is -2.30.